The smallest absolute Gasteiger partial charge is 0.385 e. The molecule has 1 saturated carbocycles. The zero-order valence-corrected chi connectivity index (χ0v) is 33.8. The van der Waals surface area contributed by atoms with E-state index in [9.17, 15) is 29.3 Å². The van der Waals surface area contributed by atoms with Crippen molar-refractivity contribution >= 4 is 19.2 Å². The van der Waals surface area contributed by atoms with Gasteiger partial charge in [0.25, 0.3) is 0 Å². The van der Waals surface area contributed by atoms with Crippen molar-refractivity contribution in [2.75, 3.05) is 12.3 Å². The van der Waals surface area contributed by atoms with Gasteiger partial charge in [-0.1, -0.05) is 122 Å². The molecule has 1 aromatic carbocycles. The number of halogens is 1. The largest absolute Gasteiger partial charge is 0.473 e. The standard InChI is InChI=1S/C41H58FN6O8P/c1-2-3-4-5-6-7-8-9-10-11-12-13-14-15-16-17-18-19-32(27-53-26-31-21-20-30(25-43)24-33(31)42)55-57(51,52)56-37-36-41(37,50)39(49)40(28-44,54-36)35-23-22-34-38(45)46-29-47-48(34)35/h20-24,29,32,36-37,39,49-50H,2-19,26-27H2,1H3,(H,51,52)(H2,45,46,47)/t32-,36-,37?,39+,40+,41+/m1/s1. The molecule has 2 unspecified atom stereocenters. The van der Waals surface area contributed by atoms with Gasteiger partial charge in [0.1, 0.15) is 42.0 Å². The number of fused-ring (bicyclic) bond motifs is 2. The Kier molecular flexibility index (Phi) is 16.4. The zero-order chi connectivity index (χ0) is 40.9. The second-order valence-corrected chi connectivity index (χ2v) is 16.8. The number of benzene rings is 1. The number of hydrogen-bond donors (Lipinski definition) is 4. The maximum atomic E-state index is 14.5. The van der Waals surface area contributed by atoms with E-state index in [4.69, 9.17) is 29.5 Å². The van der Waals surface area contributed by atoms with Gasteiger partial charge >= 0.3 is 7.82 Å². The number of ether oxygens (including phenoxy) is 2. The van der Waals surface area contributed by atoms with E-state index in [0.29, 0.717) is 18.4 Å². The maximum absolute atomic E-state index is 14.5. The van der Waals surface area contributed by atoms with Gasteiger partial charge < -0.3 is 30.3 Å². The van der Waals surface area contributed by atoms with E-state index in [1.54, 1.807) is 0 Å². The van der Waals surface area contributed by atoms with E-state index in [0.717, 1.165) is 31.7 Å². The minimum Gasteiger partial charge on any atom is -0.385 e. The molecule has 2 fully saturated rings. The SMILES string of the molecule is CCCCCCCCCCCCCCCCCCC[C@H](COCc1ccc(C#N)cc1F)OP(=O)(O)OC1[C@H]2O[C@@](C#N)(c3ccc4c(N)ncnn34)[C@H](O)[C@@]12O. The number of nitrogens with two attached hydrogens (primary N) is 1. The molecule has 2 aromatic heterocycles. The summed E-state index contributed by atoms with van der Waals surface area (Å²) in [5, 5.41) is 46.0. The summed E-state index contributed by atoms with van der Waals surface area (Å²) in [4.78, 5) is 14.8. The van der Waals surface area contributed by atoms with Gasteiger partial charge in [-0.05, 0) is 30.7 Å². The van der Waals surface area contributed by atoms with Crippen LogP contribution in [0.5, 0.6) is 0 Å². The van der Waals surface area contributed by atoms with Gasteiger partial charge in [-0.3, -0.25) is 9.05 Å². The molecule has 3 aromatic rings. The second-order valence-electron chi connectivity index (χ2n) is 15.4. The average Bonchev–Trinajstić information content (AvgIpc) is 3.43. The van der Waals surface area contributed by atoms with Crippen LogP contribution in [0.2, 0.25) is 0 Å². The molecular weight excluding hydrogens is 754 g/mol. The molecule has 2 aliphatic rings. The van der Waals surface area contributed by atoms with E-state index in [2.05, 4.69) is 17.0 Å². The Bertz CT molecular complexity index is 1890. The van der Waals surface area contributed by atoms with Crippen LogP contribution in [-0.4, -0.2) is 66.3 Å². The predicted molar refractivity (Wildman–Crippen MR) is 210 cm³/mol. The molecule has 0 bridgehead atoms. The number of nitrogen functional groups attached to an aromatic ring is 1. The highest BCUT2D eigenvalue weighted by Crippen LogP contribution is 2.63. The first kappa shape index (κ1) is 44.6. The van der Waals surface area contributed by atoms with Crippen LogP contribution in [0.15, 0.2) is 36.7 Å². The van der Waals surface area contributed by atoms with Crippen LogP contribution < -0.4 is 5.73 Å². The predicted octanol–water partition coefficient (Wildman–Crippen LogP) is 7.67. The first-order valence-electron chi connectivity index (χ1n) is 20.5. The molecule has 1 saturated heterocycles. The molecule has 0 amide bonds. The van der Waals surface area contributed by atoms with Crippen LogP contribution in [0.4, 0.5) is 10.2 Å². The lowest BCUT2D eigenvalue weighted by atomic mass is 9.90. The third-order valence-corrected chi connectivity index (χ3v) is 12.2. The monoisotopic (exact) mass is 812 g/mol. The summed E-state index contributed by atoms with van der Waals surface area (Å²) in [6, 6.07) is 10.8. The minimum atomic E-state index is -4.91. The molecule has 0 spiro atoms. The highest BCUT2D eigenvalue weighted by molar-refractivity contribution is 7.47. The number of nitrogens with zero attached hydrogens (tertiary/aromatic N) is 5. The Balaban J connectivity index is 1.08. The minimum absolute atomic E-state index is 0.0782. The molecular formula is C41H58FN6O8P. The van der Waals surface area contributed by atoms with E-state index in [1.807, 2.05) is 12.1 Å². The molecule has 0 radical (unpaired) electrons. The lowest BCUT2D eigenvalue weighted by molar-refractivity contribution is -0.107. The molecule has 1 aliphatic carbocycles. The van der Waals surface area contributed by atoms with Crippen molar-refractivity contribution in [2.24, 2.45) is 0 Å². The molecule has 5 rings (SSSR count). The Morgan fingerprint density at radius 1 is 0.982 bits per heavy atom. The summed E-state index contributed by atoms with van der Waals surface area (Å²) in [7, 11) is -4.91. The van der Waals surface area contributed by atoms with Crippen molar-refractivity contribution in [3.05, 3.63) is 59.3 Å². The molecule has 14 nitrogen and oxygen atoms in total. The zero-order valence-electron chi connectivity index (χ0n) is 32.9. The van der Waals surface area contributed by atoms with Crippen LogP contribution in [-0.2, 0) is 35.3 Å². The number of phosphoric ester groups is 1. The third-order valence-electron chi connectivity index (χ3n) is 11.1. The van der Waals surface area contributed by atoms with Gasteiger partial charge in [-0.2, -0.15) is 15.6 Å². The Hall–Kier alpha value is -3.50. The number of aromatic nitrogens is 3. The highest BCUT2D eigenvalue weighted by atomic mass is 31.2. The first-order chi connectivity index (χ1) is 27.5. The summed E-state index contributed by atoms with van der Waals surface area (Å²) >= 11 is 0. The van der Waals surface area contributed by atoms with Crippen molar-refractivity contribution in [3.63, 3.8) is 0 Å². The van der Waals surface area contributed by atoms with Crippen molar-refractivity contribution in [1.29, 1.82) is 10.5 Å². The van der Waals surface area contributed by atoms with Gasteiger partial charge in [0.2, 0.25) is 5.60 Å². The topological polar surface area (TPSA) is 218 Å². The van der Waals surface area contributed by atoms with Crippen LogP contribution >= 0.6 is 7.82 Å². The van der Waals surface area contributed by atoms with E-state index in [1.165, 1.54) is 112 Å². The number of rotatable bonds is 27. The van der Waals surface area contributed by atoms with Crippen molar-refractivity contribution in [3.8, 4) is 12.1 Å². The lowest BCUT2D eigenvalue weighted by Crippen LogP contribution is -2.47. The lowest BCUT2D eigenvalue weighted by Gasteiger charge is -2.30. The Morgan fingerprint density at radius 3 is 2.14 bits per heavy atom. The fraction of sp³-hybridized carbons (Fsp3) is 0.659. The van der Waals surface area contributed by atoms with Crippen molar-refractivity contribution < 1.29 is 42.6 Å². The molecule has 3 heterocycles. The highest BCUT2D eigenvalue weighted by Gasteiger charge is 2.83. The number of aliphatic hydroxyl groups is 2. The van der Waals surface area contributed by atoms with Crippen molar-refractivity contribution in [2.45, 2.75) is 165 Å². The fourth-order valence-corrected chi connectivity index (χ4v) is 8.92. The van der Waals surface area contributed by atoms with Gasteiger partial charge in [-0.25, -0.2) is 18.5 Å². The number of unbranched alkanes of at least 4 members (excludes halogenated alkanes) is 16. The first-order valence-corrected chi connectivity index (χ1v) is 22.0. The van der Waals surface area contributed by atoms with E-state index in [-0.39, 0.29) is 35.9 Å². The van der Waals surface area contributed by atoms with Gasteiger partial charge in [-0.15, -0.1) is 0 Å². The summed E-state index contributed by atoms with van der Waals surface area (Å²) in [5.41, 5.74) is 2.41. The number of aliphatic hydroxyl groups excluding tert-OH is 1. The van der Waals surface area contributed by atoms with Gasteiger partial charge in [0, 0.05) is 5.56 Å². The Labute approximate surface area is 334 Å². The van der Waals surface area contributed by atoms with Crippen LogP contribution in [0.25, 0.3) is 5.52 Å². The third kappa shape index (κ3) is 11.2. The van der Waals surface area contributed by atoms with Crippen LogP contribution in [0, 0.1) is 28.5 Å². The van der Waals surface area contributed by atoms with Crippen LogP contribution in [0.1, 0.15) is 139 Å². The summed E-state index contributed by atoms with van der Waals surface area (Å²) in [6.07, 6.45) is 16.4. The molecule has 16 heteroatoms. The van der Waals surface area contributed by atoms with Crippen LogP contribution in [0.3, 0.4) is 0 Å². The van der Waals surface area contributed by atoms with Gasteiger partial charge in [0.15, 0.2) is 11.4 Å². The summed E-state index contributed by atoms with van der Waals surface area (Å²) in [6.45, 7) is 1.91. The number of hydrogen-bond acceptors (Lipinski definition) is 12. The number of anilines is 1. The molecule has 57 heavy (non-hydrogen) atoms. The fourth-order valence-electron chi connectivity index (χ4n) is 7.76. The van der Waals surface area contributed by atoms with E-state index >= 15 is 0 Å². The molecule has 312 valence electrons. The quantitative estimate of drug-likeness (QED) is 0.0429. The molecule has 1 aliphatic heterocycles. The van der Waals surface area contributed by atoms with Crippen molar-refractivity contribution in [1.82, 2.24) is 14.6 Å². The molecule has 5 N–H and O–H groups in total. The Morgan fingerprint density at radius 2 is 1.60 bits per heavy atom. The normalized spacial score (nSPS) is 24.2. The average molecular weight is 813 g/mol. The summed E-state index contributed by atoms with van der Waals surface area (Å²) in [5.74, 6) is -0.490. The summed E-state index contributed by atoms with van der Waals surface area (Å²) < 4.78 is 51.7. The van der Waals surface area contributed by atoms with E-state index < -0.39 is 49.3 Å². The molecule has 7 atom stereocenters. The van der Waals surface area contributed by atoms with Gasteiger partial charge in [0.05, 0.1) is 36.6 Å². The number of nitriles is 2. The second kappa shape index (κ2) is 21.0. The maximum Gasteiger partial charge on any atom is 0.473 e. The number of phosphoric acid groups is 1.